The molecule has 5 rings (SSSR count). The summed E-state index contributed by atoms with van der Waals surface area (Å²) < 4.78 is 0. The molecule has 2 N–H and O–H groups in total. The van der Waals surface area contributed by atoms with Gasteiger partial charge >= 0.3 is 0 Å². The Kier molecular flexibility index (Phi) is 3.36. The predicted octanol–water partition coefficient (Wildman–Crippen LogP) is 2.66. The average Bonchev–Trinajstić information content (AvgIpc) is 2.38. The van der Waals surface area contributed by atoms with Gasteiger partial charge in [-0.25, -0.2) is 0 Å². The third kappa shape index (κ3) is 2.47. The fourth-order valence-electron chi connectivity index (χ4n) is 5.49. The average molecular weight is 281 g/mol. The minimum Gasteiger partial charge on any atom is -0.389 e. The van der Waals surface area contributed by atoms with Crippen molar-refractivity contribution < 1.29 is 5.11 Å². The van der Waals surface area contributed by atoms with Crippen LogP contribution in [0.5, 0.6) is 0 Å². The van der Waals surface area contributed by atoms with Gasteiger partial charge in [-0.1, -0.05) is 0 Å². The summed E-state index contributed by atoms with van der Waals surface area (Å²) in [6, 6.07) is 0.728. The molecule has 3 heteroatoms. The third-order valence-electron chi connectivity index (χ3n) is 6.32. The normalized spacial score (nSPS) is 47.5. The highest BCUT2D eigenvalue weighted by Crippen LogP contribution is 2.53. The number of hydrogen-bond acceptors (Lipinski definition) is 3. The van der Waals surface area contributed by atoms with Crippen LogP contribution in [0, 0.1) is 23.7 Å². The molecule has 1 aliphatic heterocycles. The summed E-state index contributed by atoms with van der Waals surface area (Å²) in [5, 5.41) is 14.5. The van der Waals surface area contributed by atoms with E-state index < -0.39 is 5.60 Å². The molecule has 0 aromatic heterocycles. The molecule has 2 nitrogen and oxygen atoms in total. The molecule has 1 saturated heterocycles. The molecule has 5 aliphatic rings. The second-order valence-corrected chi connectivity index (χ2v) is 8.90. The van der Waals surface area contributed by atoms with E-state index in [0.29, 0.717) is 0 Å². The molecule has 4 aliphatic carbocycles. The van der Waals surface area contributed by atoms with Crippen LogP contribution in [0.25, 0.3) is 0 Å². The zero-order valence-corrected chi connectivity index (χ0v) is 12.6. The summed E-state index contributed by atoms with van der Waals surface area (Å²) in [4.78, 5) is 0. The van der Waals surface area contributed by atoms with Crippen molar-refractivity contribution in [3.63, 3.8) is 0 Å². The van der Waals surface area contributed by atoms with E-state index >= 15 is 0 Å². The summed E-state index contributed by atoms with van der Waals surface area (Å²) in [5.74, 6) is 6.24. The van der Waals surface area contributed by atoms with Crippen molar-refractivity contribution in [3.05, 3.63) is 0 Å². The first kappa shape index (κ1) is 13.0. The number of nitrogens with one attached hydrogen (secondary N) is 1. The quantitative estimate of drug-likeness (QED) is 0.834. The molecular weight excluding hydrogens is 254 g/mol. The SMILES string of the molecule is OC1(CNC2C3CC4CC(C3)CC2C4)CCSCC1. The van der Waals surface area contributed by atoms with Gasteiger partial charge in [-0.05, 0) is 80.1 Å². The Morgan fingerprint density at radius 3 is 2.11 bits per heavy atom. The van der Waals surface area contributed by atoms with E-state index in [1.54, 1.807) is 0 Å². The van der Waals surface area contributed by atoms with Gasteiger partial charge in [-0.2, -0.15) is 11.8 Å². The van der Waals surface area contributed by atoms with Crippen molar-refractivity contribution in [1.82, 2.24) is 5.32 Å². The fourth-order valence-corrected chi connectivity index (χ4v) is 6.75. The minimum absolute atomic E-state index is 0.403. The van der Waals surface area contributed by atoms with Crippen molar-refractivity contribution in [2.75, 3.05) is 18.1 Å². The molecule has 5 fully saturated rings. The van der Waals surface area contributed by atoms with E-state index in [4.69, 9.17) is 0 Å². The number of thioether (sulfide) groups is 1. The summed E-state index contributed by atoms with van der Waals surface area (Å²) in [7, 11) is 0. The van der Waals surface area contributed by atoms with E-state index in [1.807, 2.05) is 11.8 Å². The monoisotopic (exact) mass is 281 g/mol. The highest BCUT2D eigenvalue weighted by atomic mass is 32.2. The lowest BCUT2D eigenvalue weighted by Crippen LogP contribution is -2.57. The van der Waals surface area contributed by atoms with E-state index in [0.717, 1.165) is 60.6 Å². The highest BCUT2D eigenvalue weighted by Gasteiger charge is 2.48. The van der Waals surface area contributed by atoms with Crippen LogP contribution in [0.2, 0.25) is 0 Å². The molecule has 108 valence electrons. The number of rotatable bonds is 3. The van der Waals surface area contributed by atoms with Crippen molar-refractivity contribution in [2.45, 2.75) is 56.6 Å². The molecule has 4 bridgehead atoms. The van der Waals surface area contributed by atoms with Crippen LogP contribution in [-0.4, -0.2) is 34.8 Å². The second kappa shape index (κ2) is 4.92. The Morgan fingerprint density at radius 2 is 1.53 bits per heavy atom. The van der Waals surface area contributed by atoms with Gasteiger partial charge in [0, 0.05) is 12.6 Å². The second-order valence-electron chi connectivity index (χ2n) is 7.67. The Labute approximate surface area is 121 Å². The first-order chi connectivity index (χ1) is 9.22. The first-order valence-corrected chi connectivity index (χ1v) is 9.41. The standard InChI is InChI=1S/C16H27NOS/c18-16(1-3-19-4-2-16)10-17-15-13-6-11-5-12(8-13)9-14(15)7-11/h11-15,17-18H,1-10H2. The minimum atomic E-state index is -0.403. The summed E-state index contributed by atoms with van der Waals surface area (Å²) in [6.45, 7) is 0.848. The smallest absolute Gasteiger partial charge is 0.0787 e. The Bertz CT molecular complexity index is 312. The van der Waals surface area contributed by atoms with Gasteiger partial charge in [0.2, 0.25) is 0 Å². The Hall–Kier alpha value is 0.270. The Balaban J connectivity index is 1.38. The van der Waals surface area contributed by atoms with Crippen molar-refractivity contribution >= 4 is 11.8 Å². The van der Waals surface area contributed by atoms with Crippen molar-refractivity contribution in [2.24, 2.45) is 23.7 Å². The molecule has 0 aromatic carbocycles. The molecule has 0 atom stereocenters. The lowest BCUT2D eigenvalue weighted by atomic mass is 9.54. The summed E-state index contributed by atoms with van der Waals surface area (Å²) in [6.07, 6.45) is 9.38. The van der Waals surface area contributed by atoms with Crippen LogP contribution in [0.1, 0.15) is 44.9 Å². The lowest BCUT2D eigenvalue weighted by molar-refractivity contribution is -0.0300. The van der Waals surface area contributed by atoms with Crippen LogP contribution in [-0.2, 0) is 0 Å². The van der Waals surface area contributed by atoms with Gasteiger partial charge in [0.15, 0.2) is 0 Å². The molecule has 0 spiro atoms. The van der Waals surface area contributed by atoms with Gasteiger partial charge in [0.1, 0.15) is 0 Å². The maximum Gasteiger partial charge on any atom is 0.0787 e. The molecule has 19 heavy (non-hydrogen) atoms. The topological polar surface area (TPSA) is 32.3 Å². The summed E-state index contributed by atoms with van der Waals surface area (Å²) >= 11 is 1.99. The third-order valence-corrected chi connectivity index (χ3v) is 7.30. The van der Waals surface area contributed by atoms with Gasteiger partial charge in [-0.3, -0.25) is 0 Å². The zero-order valence-electron chi connectivity index (χ0n) is 11.8. The van der Waals surface area contributed by atoms with Crippen molar-refractivity contribution in [3.8, 4) is 0 Å². The Morgan fingerprint density at radius 1 is 0.947 bits per heavy atom. The largest absolute Gasteiger partial charge is 0.389 e. The maximum atomic E-state index is 10.7. The summed E-state index contributed by atoms with van der Waals surface area (Å²) in [5.41, 5.74) is -0.403. The van der Waals surface area contributed by atoms with Crippen LogP contribution in [0.3, 0.4) is 0 Å². The van der Waals surface area contributed by atoms with Crippen LogP contribution in [0.4, 0.5) is 0 Å². The van der Waals surface area contributed by atoms with E-state index in [2.05, 4.69) is 5.32 Å². The molecule has 0 unspecified atom stereocenters. The molecule has 0 radical (unpaired) electrons. The maximum absolute atomic E-state index is 10.7. The first-order valence-electron chi connectivity index (χ1n) is 8.25. The van der Waals surface area contributed by atoms with E-state index in [1.165, 1.54) is 32.1 Å². The number of hydrogen-bond donors (Lipinski definition) is 2. The van der Waals surface area contributed by atoms with Crippen LogP contribution >= 0.6 is 11.8 Å². The van der Waals surface area contributed by atoms with E-state index in [9.17, 15) is 5.11 Å². The predicted molar refractivity (Wildman–Crippen MR) is 80.3 cm³/mol. The van der Waals surface area contributed by atoms with Gasteiger partial charge in [-0.15, -0.1) is 0 Å². The van der Waals surface area contributed by atoms with Gasteiger partial charge in [0.05, 0.1) is 5.60 Å². The van der Waals surface area contributed by atoms with Gasteiger partial charge in [0.25, 0.3) is 0 Å². The molecule has 0 amide bonds. The number of aliphatic hydroxyl groups is 1. The van der Waals surface area contributed by atoms with Crippen LogP contribution < -0.4 is 5.32 Å². The van der Waals surface area contributed by atoms with Crippen molar-refractivity contribution in [1.29, 1.82) is 0 Å². The van der Waals surface area contributed by atoms with E-state index in [-0.39, 0.29) is 0 Å². The molecule has 1 heterocycles. The van der Waals surface area contributed by atoms with Gasteiger partial charge < -0.3 is 10.4 Å². The molecule has 4 saturated carbocycles. The fraction of sp³-hybridized carbons (Fsp3) is 1.00. The van der Waals surface area contributed by atoms with Crippen LogP contribution in [0.15, 0.2) is 0 Å². The molecular formula is C16H27NOS. The lowest BCUT2D eigenvalue weighted by Gasteiger charge is -2.55. The molecule has 0 aromatic rings. The highest BCUT2D eigenvalue weighted by molar-refractivity contribution is 7.99. The zero-order chi connectivity index (χ0) is 12.9.